The quantitative estimate of drug-likeness (QED) is 0.645. The van der Waals surface area contributed by atoms with Gasteiger partial charge in [-0.2, -0.15) is 0 Å². The average molecular weight is 288 g/mol. The lowest BCUT2D eigenvalue weighted by Crippen LogP contribution is -2.54. The van der Waals surface area contributed by atoms with Crippen molar-refractivity contribution >= 4 is 11.6 Å². The lowest BCUT2D eigenvalue weighted by Gasteiger charge is -2.35. The molecule has 106 valence electrons. The van der Waals surface area contributed by atoms with Gasteiger partial charge in [0.15, 0.2) is 0 Å². The maximum atomic E-state index is 13.0. The molecule has 0 aromatic heterocycles. The molecule has 1 saturated heterocycles. The Bertz CT molecular complexity index is 432. The third-order valence-corrected chi connectivity index (χ3v) is 3.77. The van der Waals surface area contributed by atoms with E-state index in [2.05, 4.69) is 10.3 Å². The molecule has 0 radical (unpaired) electrons. The Labute approximate surface area is 117 Å². The Morgan fingerprint density at radius 1 is 1.63 bits per heavy atom. The van der Waals surface area contributed by atoms with Crippen molar-refractivity contribution in [3.8, 4) is 0 Å². The molecule has 0 saturated carbocycles. The van der Waals surface area contributed by atoms with E-state index in [-0.39, 0.29) is 18.0 Å². The van der Waals surface area contributed by atoms with Gasteiger partial charge in [-0.05, 0) is 31.2 Å². The van der Waals surface area contributed by atoms with Crippen LogP contribution >= 0.6 is 11.6 Å². The van der Waals surface area contributed by atoms with Gasteiger partial charge in [-0.3, -0.25) is 11.3 Å². The Morgan fingerprint density at radius 3 is 3.05 bits per heavy atom. The van der Waals surface area contributed by atoms with E-state index in [1.165, 1.54) is 12.1 Å². The van der Waals surface area contributed by atoms with Crippen LogP contribution < -0.4 is 11.3 Å². The second kappa shape index (κ2) is 6.63. The van der Waals surface area contributed by atoms with E-state index in [0.717, 1.165) is 18.7 Å². The zero-order valence-electron chi connectivity index (χ0n) is 10.9. The van der Waals surface area contributed by atoms with Gasteiger partial charge in [0.25, 0.3) is 0 Å². The van der Waals surface area contributed by atoms with E-state index in [1.807, 2.05) is 7.05 Å². The highest BCUT2D eigenvalue weighted by Crippen LogP contribution is 2.20. The molecule has 0 aliphatic carbocycles. The van der Waals surface area contributed by atoms with Crippen molar-refractivity contribution in [3.63, 3.8) is 0 Å². The topological polar surface area (TPSA) is 50.5 Å². The summed E-state index contributed by atoms with van der Waals surface area (Å²) in [6.45, 7) is 2.43. The highest BCUT2D eigenvalue weighted by Gasteiger charge is 2.26. The van der Waals surface area contributed by atoms with Crippen molar-refractivity contribution < 1.29 is 9.13 Å². The molecule has 6 heteroatoms. The molecule has 1 aromatic carbocycles. The lowest BCUT2D eigenvalue weighted by molar-refractivity contribution is -0.0384. The van der Waals surface area contributed by atoms with Crippen LogP contribution in [0, 0.1) is 5.82 Å². The van der Waals surface area contributed by atoms with Crippen molar-refractivity contribution in [1.29, 1.82) is 0 Å². The molecule has 3 N–H and O–H groups in total. The second-order valence-corrected chi connectivity index (χ2v) is 5.29. The van der Waals surface area contributed by atoms with Gasteiger partial charge in [-0.15, -0.1) is 0 Å². The van der Waals surface area contributed by atoms with Crippen molar-refractivity contribution in [2.24, 2.45) is 5.84 Å². The number of likely N-dealkylation sites (N-methyl/N-ethyl adjacent to an activating group) is 1. The van der Waals surface area contributed by atoms with Crippen molar-refractivity contribution in [2.45, 2.75) is 18.6 Å². The highest BCUT2D eigenvalue weighted by atomic mass is 35.5. The molecular formula is C13H19ClFN3O. The summed E-state index contributed by atoms with van der Waals surface area (Å²) in [5.41, 5.74) is 3.64. The number of hydrogen-bond acceptors (Lipinski definition) is 4. The number of hydrogen-bond donors (Lipinski definition) is 2. The highest BCUT2D eigenvalue weighted by molar-refractivity contribution is 6.31. The maximum Gasteiger partial charge on any atom is 0.124 e. The van der Waals surface area contributed by atoms with E-state index in [0.29, 0.717) is 18.1 Å². The molecule has 4 nitrogen and oxygen atoms in total. The maximum absolute atomic E-state index is 13.0. The van der Waals surface area contributed by atoms with Crippen LogP contribution in [0.25, 0.3) is 0 Å². The lowest BCUT2D eigenvalue weighted by atomic mass is 10.0. The third-order valence-electron chi connectivity index (χ3n) is 3.41. The van der Waals surface area contributed by atoms with E-state index in [1.54, 1.807) is 6.07 Å². The number of ether oxygens (including phenoxy) is 1. The molecule has 2 unspecified atom stereocenters. The Hall–Kier alpha value is -0.720. The number of hydrazine groups is 1. The van der Waals surface area contributed by atoms with Gasteiger partial charge in [0.2, 0.25) is 0 Å². The average Bonchev–Trinajstić information content (AvgIpc) is 2.38. The fourth-order valence-corrected chi connectivity index (χ4v) is 2.52. The van der Waals surface area contributed by atoms with Gasteiger partial charge in [-0.1, -0.05) is 17.7 Å². The van der Waals surface area contributed by atoms with Crippen molar-refractivity contribution in [1.82, 2.24) is 10.3 Å². The first-order valence-corrected chi connectivity index (χ1v) is 6.68. The Morgan fingerprint density at radius 2 is 2.42 bits per heavy atom. The molecule has 19 heavy (non-hydrogen) atoms. The van der Waals surface area contributed by atoms with Gasteiger partial charge in [0, 0.05) is 18.1 Å². The summed E-state index contributed by atoms with van der Waals surface area (Å²) in [7, 11) is 2.05. The van der Waals surface area contributed by atoms with Crippen LogP contribution in [-0.4, -0.2) is 43.8 Å². The van der Waals surface area contributed by atoms with Gasteiger partial charge in [-0.25, -0.2) is 4.39 Å². The predicted octanol–water partition coefficient (Wildman–Crippen LogP) is 1.18. The van der Waals surface area contributed by atoms with Crippen LogP contribution in [0.1, 0.15) is 5.56 Å². The van der Waals surface area contributed by atoms with E-state index < -0.39 is 0 Å². The van der Waals surface area contributed by atoms with E-state index in [4.69, 9.17) is 22.2 Å². The Balaban J connectivity index is 2.05. The van der Waals surface area contributed by atoms with Crippen molar-refractivity contribution in [3.05, 3.63) is 34.6 Å². The molecule has 0 spiro atoms. The summed E-state index contributed by atoms with van der Waals surface area (Å²) in [5, 5.41) is 0.421. The largest absolute Gasteiger partial charge is 0.374 e. The molecule has 0 bridgehead atoms. The minimum absolute atomic E-state index is 0.00451. The fourth-order valence-electron chi connectivity index (χ4n) is 2.28. The van der Waals surface area contributed by atoms with Crippen LogP contribution in [-0.2, 0) is 11.2 Å². The summed E-state index contributed by atoms with van der Waals surface area (Å²) in [6.07, 6.45) is 0.610. The first kappa shape index (κ1) is 14.7. The first-order valence-electron chi connectivity index (χ1n) is 6.30. The van der Waals surface area contributed by atoms with E-state index in [9.17, 15) is 4.39 Å². The fraction of sp³-hybridized carbons (Fsp3) is 0.538. The van der Waals surface area contributed by atoms with Crippen LogP contribution in [0.3, 0.4) is 0 Å². The van der Waals surface area contributed by atoms with Gasteiger partial charge in [0.05, 0.1) is 18.8 Å². The number of halogens is 2. The molecule has 1 fully saturated rings. The van der Waals surface area contributed by atoms with Crippen LogP contribution in [0.4, 0.5) is 4.39 Å². The monoisotopic (exact) mass is 287 g/mol. The molecule has 1 aliphatic heterocycles. The van der Waals surface area contributed by atoms with Gasteiger partial charge in [0.1, 0.15) is 5.82 Å². The predicted molar refractivity (Wildman–Crippen MR) is 73.5 cm³/mol. The summed E-state index contributed by atoms with van der Waals surface area (Å²) in [4.78, 5) is 2.20. The smallest absolute Gasteiger partial charge is 0.124 e. The first-order chi connectivity index (χ1) is 9.10. The molecule has 1 aromatic rings. The minimum atomic E-state index is -0.334. The van der Waals surface area contributed by atoms with Crippen molar-refractivity contribution in [2.75, 3.05) is 26.7 Å². The van der Waals surface area contributed by atoms with E-state index >= 15 is 0 Å². The Kier molecular flexibility index (Phi) is 5.13. The molecule has 2 atom stereocenters. The number of nitrogens with two attached hydrogens (primary N) is 1. The van der Waals surface area contributed by atoms with Crippen LogP contribution in [0.2, 0.25) is 5.02 Å². The zero-order chi connectivity index (χ0) is 13.8. The molecule has 1 aliphatic rings. The third kappa shape index (κ3) is 3.87. The van der Waals surface area contributed by atoms with Gasteiger partial charge >= 0.3 is 0 Å². The second-order valence-electron chi connectivity index (χ2n) is 4.88. The number of nitrogens with one attached hydrogen (secondary N) is 1. The molecule has 0 amide bonds. The molecular weight excluding hydrogens is 269 g/mol. The standard InChI is InChI=1S/C13H19ClFN3O/c1-18-4-5-19-13(8-18)12(17-16)6-9-2-3-10(15)7-11(9)14/h2-3,7,12-13,17H,4-6,8,16H2,1H3. The minimum Gasteiger partial charge on any atom is -0.374 e. The number of morpholine rings is 1. The summed E-state index contributed by atoms with van der Waals surface area (Å²) in [6, 6.07) is 4.36. The molecule has 1 heterocycles. The van der Waals surface area contributed by atoms with Crippen LogP contribution in [0.5, 0.6) is 0 Å². The normalized spacial score (nSPS) is 22.4. The number of rotatable bonds is 4. The van der Waals surface area contributed by atoms with Gasteiger partial charge < -0.3 is 9.64 Å². The summed E-state index contributed by atoms with van der Waals surface area (Å²) in [5.74, 6) is 5.28. The number of nitrogens with zero attached hydrogens (tertiary/aromatic N) is 1. The SMILES string of the molecule is CN1CCOC(C(Cc2ccc(F)cc2Cl)NN)C1. The summed E-state index contributed by atoms with van der Waals surface area (Å²) >= 11 is 6.04. The number of benzene rings is 1. The summed E-state index contributed by atoms with van der Waals surface area (Å²) < 4.78 is 18.8. The zero-order valence-corrected chi connectivity index (χ0v) is 11.7. The van der Waals surface area contributed by atoms with Crippen LogP contribution in [0.15, 0.2) is 18.2 Å². The molecule has 2 rings (SSSR count).